The minimum atomic E-state index is -0.211. The average molecular weight is 345 g/mol. The van der Waals surface area contributed by atoms with Gasteiger partial charge in [-0.3, -0.25) is 4.68 Å². The molecule has 1 aromatic heterocycles. The second kappa shape index (κ2) is 5.03. The Labute approximate surface area is 113 Å². The fourth-order valence-corrected chi connectivity index (χ4v) is 2.31. The molecular formula is C12H13FIN3. The summed E-state index contributed by atoms with van der Waals surface area (Å²) in [6.07, 6.45) is 1.98. The SMILES string of the molecule is Cc1nn(C)cc1CNc1ccc(F)cc1I. The fraction of sp³-hybridized carbons (Fsp3) is 0.250. The van der Waals surface area contributed by atoms with E-state index in [1.807, 2.05) is 20.2 Å². The Kier molecular flexibility index (Phi) is 3.66. The van der Waals surface area contributed by atoms with E-state index < -0.39 is 0 Å². The van der Waals surface area contributed by atoms with Crippen molar-refractivity contribution in [3.05, 3.63) is 45.0 Å². The van der Waals surface area contributed by atoms with Crippen LogP contribution in [0.25, 0.3) is 0 Å². The molecule has 0 bridgehead atoms. The quantitative estimate of drug-likeness (QED) is 0.867. The van der Waals surface area contributed by atoms with Crippen molar-refractivity contribution in [1.29, 1.82) is 0 Å². The molecule has 0 spiro atoms. The van der Waals surface area contributed by atoms with Crippen LogP contribution in [-0.2, 0) is 13.6 Å². The number of rotatable bonds is 3. The molecule has 1 aromatic carbocycles. The summed E-state index contributed by atoms with van der Waals surface area (Å²) in [7, 11) is 1.90. The summed E-state index contributed by atoms with van der Waals surface area (Å²) in [4.78, 5) is 0. The second-order valence-electron chi connectivity index (χ2n) is 3.89. The highest BCUT2D eigenvalue weighted by atomic mass is 127. The van der Waals surface area contributed by atoms with Crippen LogP contribution in [0.2, 0.25) is 0 Å². The van der Waals surface area contributed by atoms with E-state index in [9.17, 15) is 4.39 Å². The van der Waals surface area contributed by atoms with E-state index in [1.165, 1.54) is 12.1 Å². The molecule has 3 nitrogen and oxygen atoms in total. The van der Waals surface area contributed by atoms with Crippen molar-refractivity contribution < 1.29 is 4.39 Å². The van der Waals surface area contributed by atoms with Gasteiger partial charge < -0.3 is 5.32 Å². The predicted octanol–water partition coefficient (Wildman–Crippen LogP) is 3.08. The smallest absolute Gasteiger partial charge is 0.124 e. The second-order valence-corrected chi connectivity index (χ2v) is 5.05. The lowest BCUT2D eigenvalue weighted by Crippen LogP contribution is -2.01. The van der Waals surface area contributed by atoms with Crippen LogP contribution >= 0.6 is 22.6 Å². The van der Waals surface area contributed by atoms with Crippen LogP contribution in [-0.4, -0.2) is 9.78 Å². The van der Waals surface area contributed by atoms with Crippen molar-refractivity contribution in [2.24, 2.45) is 7.05 Å². The summed E-state index contributed by atoms with van der Waals surface area (Å²) < 4.78 is 15.6. The number of anilines is 1. The van der Waals surface area contributed by atoms with Crippen molar-refractivity contribution in [3.8, 4) is 0 Å². The number of aromatic nitrogens is 2. The number of nitrogens with one attached hydrogen (secondary N) is 1. The molecule has 0 fully saturated rings. The average Bonchev–Trinajstić information content (AvgIpc) is 2.56. The molecule has 0 aliphatic heterocycles. The van der Waals surface area contributed by atoms with Crippen molar-refractivity contribution in [2.75, 3.05) is 5.32 Å². The summed E-state index contributed by atoms with van der Waals surface area (Å²) in [6.45, 7) is 2.67. The van der Waals surface area contributed by atoms with E-state index in [2.05, 4.69) is 33.0 Å². The van der Waals surface area contributed by atoms with Gasteiger partial charge in [-0.05, 0) is 47.7 Å². The number of halogens is 2. The number of hydrogen-bond donors (Lipinski definition) is 1. The van der Waals surface area contributed by atoms with Gasteiger partial charge in [0.25, 0.3) is 0 Å². The molecule has 0 atom stereocenters. The minimum absolute atomic E-state index is 0.211. The Balaban J connectivity index is 2.10. The van der Waals surface area contributed by atoms with Crippen molar-refractivity contribution in [2.45, 2.75) is 13.5 Å². The highest BCUT2D eigenvalue weighted by Crippen LogP contribution is 2.20. The number of hydrogen-bond acceptors (Lipinski definition) is 2. The zero-order chi connectivity index (χ0) is 12.4. The Bertz CT molecular complexity index is 537. The largest absolute Gasteiger partial charge is 0.380 e. The molecule has 0 saturated carbocycles. The van der Waals surface area contributed by atoms with Crippen molar-refractivity contribution in [3.63, 3.8) is 0 Å². The fourth-order valence-electron chi connectivity index (χ4n) is 1.65. The van der Waals surface area contributed by atoms with E-state index in [4.69, 9.17) is 0 Å². The van der Waals surface area contributed by atoms with Gasteiger partial charge in [0.1, 0.15) is 5.82 Å². The van der Waals surface area contributed by atoms with Crippen molar-refractivity contribution in [1.82, 2.24) is 9.78 Å². The molecule has 0 unspecified atom stereocenters. The summed E-state index contributed by atoms with van der Waals surface area (Å²) in [5.41, 5.74) is 3.10. The summed E-state index contributed by atoms with van der Waals surface area (Å²) in [6, 6.07) is 4.72. The topological polar surface area (TPSA) is 29.9 Å². The third-order valence-electron chi connectivity index (χ3n) is 2.52. The molecule has 5 heteroatoms. The molecule has 17 heavy (non-hydrogen) atoms. The van der Waals surface area contributed by atoms with Gasteiger partial charge in [-0.25, -0.2) is 4.39 Å². The molecule has 90 valence electrons. The highest BCUT2D eigenvalue weighted by molar-refractivity contribution is 14.1. The molecular weight excluding hydrogens is 332 g/mol. The Morgan fingerprint density at radius 2 is 2.24 bits per heavy atom. The first-order valence-electron chi connectivity index (χ1n) is 5.24. The molecule has 2 rings (SSSR count). The van der Waals surface area contributed by atoms with Gasteiger partial charge in [-0.1, -0.05) is 0 Å². The zero-order valence-corrected chi connectivity index (χ0v) is 11.8. The molecule has 0 amide bonds. The van der Waals surface area contributed by atoms with E-state index in [0.717, 1.165) is 20.5 Å². The molecule has 0 aliphatic rings. The van der Waals surface area contributed by atoms with Crippen LogP contribution in [0.1, 0.15) is 11.3 Å². The summed E-state index contributed by atoms with van der Waals surface area (Å²) >= 11 is 2.12. The van der Waals surface area contributed by atoms with Crippen LogP contribution < -0.4 is 5.32 Å². The first kappa shape index (κ1) is 12.3. The van der Waals surface area contributed by atoms with Gasteiger partial charge in [0.05, 0.1) is 5.69 Å². The van der Waals surface area contributed by atoms with Crippen LogP contribution in [0.4, 0.5) is 10.1 Å². The molecule has 0 aliphatic carbocycles. The van der Waals surface area contributed by atoms with Crippen molar-refractivity contribution >= 4 is 28.3 Å². The Hall–Kier alpha value is -1.11. The third-order valence-corrected chi connectivity index (χ3v) is 3.41. The van der Waals surface area contributed by atoms with Gasteiger partial charge in [0, 0.05) is 34.6 Å². The van der Waals surface area contributed by atoms with Gasteiger partial charge >= 0.3 is 0 Å². The minimum Gasteiger partial charge on any atom is -0.380 e. The summed E-state index contributed by atoms with van der Waals surface area (Å²) in [5.74, 6) is -0.211. The van der Waals surface area contributed by atoms with Crippen LogP contribution in [0.3, 0.4) is 0 Å². The third kappa shape index (κ3) is 2.96. The van der Waals surface area contributed by atoms with Crippen LogP contribution in [0.5, 0.6) is 0 Å². The monoisotopic (exact) mass is 345 g/mol. The number of nitrogens with zero attached hydrogens (tertiary/aromatic N) is 2. The molecule has 1 heterocycles. The van der Waals surface area contributed by atoms with Gasteiger partial charge in [-0.2, -0.15) is 5.10 Å². The molecule has 0 saturated heterocycles. The standard InChI is InChI=1S/C12H13FIN3/c1-8-9(7-17(2)16-8)6-15-12-4-3-10(13)5-11(12)14/h3-5,7,15H,6H2,1-2H3. The maximum Gasteiger partial charge on any atom is 0.124 e. The van der Waals surface area contributed by atoms with E-state index in [-0.39, 0.29) is 5.82 Å². The van der Waals surface area contributed by atoms with E-state index >= 15 is 0 Å². The molecule has 0 radical (unpaired) electrons. The number of aryl methyl sites for hydroxylation is 2. The predicted molar refractivity (Wildman–Crippen MR) is 74.4 cm³/mol. The zero-order valence-electron chi connectivity index (χ0n) is 9.67. The van der Waals surface area contributed by atoms with E-state index in [0.29, 0.717) is 6.54 Å². The lowest BCUT2D eigenvalue weighted by Gasteiger charge is -2.07. The maximum atomic E-state index is 12.9. The Morgan fingerprint density at radius 3 is 2.82 bits per heavy atom. The van der Waals surface area contributed by atoms with Crippen LogP contribution in [0, 0.1) is 16.3 Å². The molecule has 1 N–H and O–H groups in total. The van der Waals surface area contributed by atoms with Gasteiger partial charge in [-0.15, -0.1) is 0 Å². The lowest BCUT2D eigenvalue weighted by atomic mass is 10.2. The van der Waals surface area contributed by atoms with Gasteiger partial charge in [0.15, 0.2) is 0 Å². The highest BCUT2D eigenvalue weighted by Gasteiger charge is 2.05. The molecule has 2 aromatic rings. The van der Waals surface area contributed by atoms with Crippen LogP contribution in [0.15, 0.2) is 24.4 Å². The Morgan fingerprint density at radius 1 is 1.47 bits per heavy atom. The van der Waals surface area contributed by atoms with Gasteiger partial charge in [0.2, 0.25) is 0 Å². The first-order chi connectivity index (χ1) is 8.06. The summed E-state index contributed by atoms with van der Waals surface area (Å²) in [5, 5.41) is 7.56. The van der Waals surface area contributed by atoms with E-state index in [1.54, 1.807) is 10.7 Å². The lowest BCUT2D eigenvalue weighted by molar-refractivity contribution is 0.627. The first-order valence-corrected chi connectivity index (χ1v) is 6.32. The maximum absolute atomic E-state index is 12.9. The number of benzene rings is 1. The normalized spacial score (nSPS) is 10.6.